The fraction of sp³-hybridized carbons (Fsp3) is 0.562. The molecule has 1 aliphatic rings. The number of hydrogen-bond donors (Lipinski definition) is 1. The van der Waals surface area contributed by atoms with Gasteiger partial charge in [0.05, 0.1) is 0 Å². The summed E-state index contributed by atoms with van der Waals surface area (Å²) in [6, 6.07) is 6.14. The highest BCUT2D eigenvalue weighted by Gasteiger charge is 2.21. The maximum Gasteiger partial charge on any atom is 0.162 e. The van der Waals surface area contributed by atoms with Crippen molar-refractivity contribution in [3.8, 4) is 0 Å². The summed E-state index contributed by atoms with van der Waals surface area (Å²) in [5, 5.41) is 0. The van der Waals surface area contributed by atoms with Gasteiger partial charge in [-0.1, -0.05) is 44.4 Å². The van der Waals surface area contributed by atoms with Crippen LogP contribution in [-0.4, -0.2) is 5.78 Å². The summed E-state index contributed by atoms with van der Waals surface area (Å²) in [4.78, 5) is 12.0. The number of carbonyl (C=O) groups is 1. The van der Waals surface area contributed by atoms with E-state index in [4.69, 9.17) is 5.73 Å². The largest absolute Gasteiger partial charge is 0.326 e. The van der Waals surface area contributed by atoms with Crippen molar-refractivity contribution in [1.82, 2.24) is 0 Å². The quantitative estimate of drug-likeness (QED) is 0.820. The number of rotatable bonds is 4. The third-order valence-electron chi connectivity index (χ3n) is 4.02. The van der Waals surface area contributed by atoms with Gasteiger partial charge in [-0.25, -0.2) is 0 Å². The van der Waals surface area contributed by atoms with Gasteiger partial charge in [-0.2, -0.15) is 0 Å². The van der Waals surface area contributed by atoms with Gasteiger partial charge in [0, 0.05) is 18.5 Å². The Hall–Kier alpha value is -1.15. The zero-order valence-electron chi connectivity index (χ0n) is 11.2. The van der Waals surface area contributed by atoms with E-state index in [2.05, 4.69) is 6.07 Å². The molecule has 0 heterocycles. The average Bonchev–Trinajstić information content (AvgIpc) is 2.46. The first-order valence-corrected chi connectivity index (χ1v) is 7.12. The Morgan fingerprint density at radius 2 is 2.00 bits per heavy atom. The first-order chi connectivity index (χ1) is 8.76. The van der Waals surface area contributed by atoms with Crippen LogP contribution < -0.4 is 5.73 Å². The van der Waals surface area contributed by atoms with Crippen LogP contribution >= 0.6 is 0 Å². The fourth-order valence-corrected chi connectivity index (χ4v) is 2.93. The number of ketones is 1. The van der Waals surface area contributed by atoms with Gasteiger partial charge >= 0.3 is 0 Å². The van der Waals surface area contributed by atoms with Crippen molar-refractivity contribution >= 4 is 5.78 Å². The van der Waals surface area contributed by atoms with Crippen molar-refractivity contribution in [2.24, 2.45) is 5.73 Å². The van der Waals surface area contributed by atoms with E-state index >= 15 is 0 Å². The SMILES string of the molecule is CCC(=O)c1ccc(CN)cc1C1CCCCC1. The summed E-state index contributed by atoms with van der Waals surface area (Å²) in [6.07, 6.45) is 6.94. The Labute approximate surface area is 110 Å². The molecule has 0 saturated heterocycles. The van der Waals surface area contributed by atoms with E-state index < -0.39 is 0 Å². The number of benzene rings is 1. The molecule has 1 aromatic carbocycles. The van der Waals surface area contributed by atoms with Crippen molar-refractivity contribution in [3.05, 3.63) is 34.9 Å². The highest BCUT2D eigenvalue weighted by atomic mass is 16.1. The molecule has 98 valence electrons. The average molecular weight is 245 g/mol. The fourth-order valence-electron chi connectivity index (χ4n) is 2.93. The lowest BCUT2D eigenvalue weighted by Gasteiger charge is -2.24. The van der Waals surface area contributed by atoms with Crippen LogP contribution in [0.15, 0.2) is 18.2 Å². The molecular formula is C16H23NO. The van der Waals surface area contributed by atoms with Crippen LogP contribution in [0.4, 0.5) is 0 Å². The van der Waals surface area contributed by atoms with Gasteiger partial charge in [0.25, 0.3) is 0 Å². The second kappa shape index (κ2) is 6.14. The predicted molar refractivity (Wildman–Crippen MR) is 74.8 cm³/mol. The van der Waals surface area contributed by atoms with Crippen molar-refractivity contribution in [2.75, 3.05) is 0 Å². The summed E-state index contributed by atoms with van der Waals surface area (Å²) < 4.78 is 0. The smallest absolute Gasteiger partial charge is 0.162 e. The lowest BCUT2D eigenvalue weighted by atomic mass is 9.80. The Balaban J connectivity index is 2.36. The molecule has 0 unspecified atom stereocenters. The van der Waals surface area contributed by atoms with Crippen molar-refractivity contribution in [1.29, 1.82) is 0 Å². The number of hydrogen-bond acceptors (Lipinski definition) is 2. The molecule has 0 atom stereocenters. The normalized spacial score (nSPS) is 16.8. The maximum absolute atomic E-state index is 12.0. The summed E-state index contributed by atoms with van der Waals surface area (Å²) in [5.41, 5.74) is 9.05. The van der Waals surface area contributed by atoms with Crippen molar-refractivity contribution in [2.45, 2.75) is 57.9 Å². The topological polar surface area (TPSA) is 43.1 Å². The summed E-state index contributed by atoms with van der Waals surface area (Å²) in [7, 11) is 0. The molecule has 1 aromatic rings. The second-order valence-corrected chi connectivity index (χ2v) is 5.24. The number of Topliss-reactive ketones (excluding diaryl/α,β-unsaturated/α-hetero) is 1. The van der Waals surface area contributed by atoms with E-state index in [1.807, 2.05) is 19.1 Å². The molecule has 1 fully saturated rings. The highest BCUT2D eigenvalue weighted by molar-refractivity contribution is 5.97. The minimum absolute atomic E-state index is 0.263. The zero-order chi connectivity index (χ0) is 13.0. The van der Waals surface area contributed by atoms with Crippen LogP contribution in [0.25, 0.3) is 0 Å². The van der Waals surface area contributed by atoms with Gasteiger partial charge in [0.1, 0.15) is 0 Å². The zero-order valence-corrected chi connectivity index (χ0v) is 11.2. The van der Waals surface area contributed by atoms with E-state index in [1.54, 1.807) is 0 Å². The molecule has 0 radical (unpaired) electrons. The molecule has 2 heteroatoms. The highest BCUT2D eigenvalue weighted by Crippen LogP contribution is 2.35. The lowest BCUT2D eigenvalue weighted by molar-refractivity contribution is 0.0986. The van der Waals surface area contributed by atoms with E-state index in [0.29, 0.717) is 18.9 Å². The summed E-state index contributed by atoms with van der Waals surface area (Å²) in [5.74, 6) is 0.829. The predicted octanol–water partition coefficient (Wildman–Crippen LogP) is 3.79. The molecule has 2 nitrogen and oxygen atoms in total. The van der Waals surface area contributed by atoms with Gasteiger partial charge in [0.2, 0.25) is 0 Å². The Bertz CT molecular complexity index is 419. The van der Waals surface area contributed by atoms with E-state index in [9.17, 15) is 4.79 Å². The van der Waals surface area contributed by atoms with E-state index in [-0.39, 0.29) is 5.78 Å². The Morgan fingerprint density at radius 1 is 1.28 bits per heavy atom. The maximum atomic E-state index is 12.0. The molecule has 0 spiro atoms. The van der Waals surface area contributed by atoms with Crippen LogP contribution in [0.3, 0.4) is 0 Å². The lowest BCUT2D eigenvalue weighted by Crippen LogP contribution is -2.12. The van der Waals surface area contributed by atoms with E-state index in [0.717, 1.165) is 11.1 Å². The minimum atomic E-state index is 0.263. The molecule has 1 aliphatic carbocycles. The van der Waals surface area contributed by atoms with E-state index in [1.165, 1.54) is 37.7 Å². The van der Waals surface area contributed by atoms with Gasteiger partial charge in [-0.05, 0) is 29.9 Å². The van der Waals surface area contributed by atoms with Crippen LogP contribution in [0, 0.1) is 0 Å². The summed E-state index contributed by atoms with van der Waals surface area (Å²) >= 11 is 0. The van der Waals surface area contributed by atoms with Crippen molar-refractivity contribution in [3.63, 3.8) is 0 Å². The van der Waals surface area contributed by atoms with Crippen molar-refractivity contribution < 1.29 is 4.79 Å². The Morgan fingerprint density at radius 3 is 2.61 bits per heavy atom. The molecule has 0 aromatic heterocycles. The molecular weight excluding hydrogens is 222 g/mol. The van der Waals surface area contributed by atoms with Crippen LogP contribution in [0.5, 0.6) is 0 Å². The first-order valence-electron chi connectivity index (χ1n) is 7.12. The van der Waals surface area contributed by atoms with Crippen LogP contribution in [0.2, 0.25) is 0 Å². The third-order valence-corrected chi connectivity index (χ3v) is 4.02. The van der Waals surface area contributed by atoms with Gasteiger partial charge in [-0.15, -0.1) is 0 Å². The van der Waals surface area contributed by atoms with Gasteiger partial charge in [0.15, 0.2) is 5.78 Å². The number of carbonyl (C=O) groups excluding carboxylic acids is 1. The minimum Gasteiger partial charge on any atom is -0.326 e. The molecule has 0 amide bonds. The first kappa shape index (κ1) is 13.3. The second-order valence-electron chi connectivity index (χ2n) is 5.24. The van der Waals surface area contributed by atoms with Gasteiger partial charge in [-0.3, -0.25) is 4.79 Å². The third kappa shape index (κ3) is 2.81. The number of nitrogens with two attached hydrogens (primary N) is 1. The molecule has 2 rings (SSSR count). The monoisotopic (exact) mass is 245 g/mol. The van der Waals surface area contributed by atoms with Crippen LogP contribution in [0.1, 0.15) is 72.9 Å². The molecule has 1 saturated carbocycles. The molecule has 0 bridgehead atoms. The molecule has 2 N–H and O–H groups in total. The Kier molecular flexibility index (Phi) is 4.54. The molecule has 0 aliphatic heterocycles. The summed E-state index contributed by atoms with van der Waals surface area (Å²) in [6.45, 7) is 2.49. The van der Waals surface area contributed by atoms with Crippen LogP contribution in [-0.2, 0) is 6.54 Å². The van der Waals surface area contributed by atoms with Gasteiger partial charge < -0.3 is 5.73 Å². The molecule has 18 heavy (non-hydrogen) atoms. The standard InChI is InChI=1S/C16H23NO/c1-2-16(18)14-9-8-12(11-17)10-15(14)13-6-4-3-5-7-13/h8-10,13H,2-7,11,17H2,1H3.